The summed E-state index contributed by atoms with van der Waals surface area (Å²) in [5, 5.41) is 14.6. The van der Waals surface area contributed by atoms with Crippen LogP contribution in [0.5, 0.6) is 0 Å². The maximum atomic E-state index is 11.7. The van der Waals surface area contributed by atoms with E-state index in [0.29, 0.717) is 12.8 Å². The summed E-state index contributed by atoms with van der Waals surface area (Å²) in [6, 6.07) is 0. The van der Waals surface area contributed by atoms with Crippen LogP contribution in [0.15, 0.2) is 5.38 Å². The van der Waals surface area contributed by atoms with Crippen molar-refractivity contribution in [2.75, 3.05) is 6.61 Å². The van der Waals surface area contributed by atoms with Gasteiger partial charge in [0.15, 0.2) is 0 Å². The number of hydrogen-bond donors (Lipinski definition) is 2. The van der Waals surface area contributed by atoms with Gasteiger partial charge >= 0.3 is 0 Å². The molecule has 16 heavy (non-hydrogen) atoms. The van der Waals surface area contributed by atoms with Gasteiger partial charge in [0.05, 0.1) is 17.1 Å². The van der Waals surface area contributed by atoms with Crippen molar-refractivity contribution in [3.05, 3.63) is 16.1 Å². The molecule has 90 valence electrons. The fourth-order valence-electron chi connectivity index (χ4n) is 1.42. The largest absolute Gasteiger partial charge is 0.396 e. The summed E-state index contributed by atoms with van der Waals surface area (Å²) < 4.78 is 0. The molecule has 1 aromatic heterocycles. The number of aliphatic hydroxyl groups excluding tert-OH is 1. The number of aromatic nitrogens is 1. The lowest BCUT2D eigenvalue weighted by molar-refractivity contribution is -0.122. The molecular weight excluding hydrogens is 224 g/mol. The first-order valence-electron chi connectivity index (χ1n) is 5.26. The summed E-state index contributed by atoms with van der Waals surface area (Å²) in [6.45, 7) is 5.78. The maximum absolute atomic E-state index is 11.7. The van der Waals surface area contributed by atoms with Crippen molar-refractivity contribution < 1.29 is 9.90 Å². The van der Waals surface area contributed by atoms with E-state index in [0.717, 1.165) is 10.7 Å². The molecule has 1 aromatic rings. The van der Waals surface area contributed by atoms with Crippen LogP contribution in [-0.2, 0) is 11.2 Å². The Morgan fingerprint density at radius 1 is 1.62 bits per heavy atom. The monoisotopic (exact) mass is 242 g/mol. The Kier molecular flexibility index (Phi) is 4.44. The van der Waals surface area contributed by atoms with Gasteiger partial charge in [0.1, 0.15) is 0 Å². The second kappa shape index (κ2) is 5.41. The average molecular weight is 242 g/mol. The van der Waals surface area contributed by atoms with Gasteiger partial charge in [0.25, 0.3) is 0 Å². The Balaban J connectivity index is 2.47. The molecule has 0 aromatic carbocycles. The summed E-state index contributed by atoms with van der Waals surface area (Å²) in [7, 11) is 0. The molecule has 0 saturated heterocycles. The Morgan fingerprint density at radius 3 is 2.81 bits per heavy atom. The molecule has 0 bridgehead atoms. The van der Waals surface area contributed by atoms with Crippen molar-refractivity contribution in [2.24, 2.45) is 0 Å². The summed E-state index contributed by atoms with van der Waals surface area (Å²) in [5.74, 6) is -0.0521. The molecule has 1 rings (SSSR count). The van der Waals surface area contributed by atoms with E-state index in [2.05, 4.69) is 10.3 Å². The second-order valence-corrected chi connectivity index (χ2v) is 5.50. The zero-order valence-electron chi connectivity index (χ0n) is 9.91. The summed E-state index contributed by atoms with van der Waals surface area (Å²) in [5.41, 5.74) is 0.441. The lowest BCUT2D eigenvalue weighted by Crippen LogP contribution is -2.44. The second-order valence-electron chi connectivity index (χ2n) is 4.44. The number of nitrogens with zero attached hydrogens (tertiary/aromatic N) is 1. The average Bonchev–Trinajstić information content (AvgIpc) is 2.49. The van der Waals surface area contributed by atoms with Crippen molar-refractivity contribution in [1.29, 1.82) is 0 Å². The van der Waals surface area contributed by atoms with Crippen LogP contribution >= 0.6 is 11.3 Å². The van der Waals surface area contributed by atoms with E-state index in [4.69, 9.17) is 5.11 Å². The zero-order valence-corrected chi connectivity index (χ0v) is 10.7. The minimum absolute atomic E-state index is 0.0521. The van der Waals surface area contributed by atoms with Crippen molar-refractivity contribution >= 4 is 17.2 Å². The van der Waals surface area contributed by atoms with Gasteiger partial charge in [-0.25, -0.2) is 4.98 Å². The van der Waals surface area contributed by atoms with Crippen LogP contribution in [0.25, 0.3) is 0 Å². The van der Waals surface area contributed by atoms with E-state index < -0.39 is 0 Å². The van der Waals surface area contributed by atoms with Crippen LogP contribution in [0.2, 0.25) is 0 Å². The number of hydrogen-bond acceptors (Lipinski definition) is 4. The normalized spacial score (nSPS) is 11.5. The predicted octanol–water partition coefficient (Wildman–Crippen LogP) is 1.27. The molecular formula is C11H18N2O2S. The quantitative estimate of drug-likeness (QED) is 0.817. The number of aliphatic hydroxyl groups is 1. The van der Waals surface area contributed by atoms with E-state index in [1.807, 2.05) is 26.2 Å². The van der Waals surface area contributed by atoms with E-state index in [-0.39, 0.29) is 18.1 Å². The third-order valence-electron chi connectivity index (χ3n) is 2.22. The van der Waals surface area contributed by atoms with Gasteiger partial charge in [0.2, 0.25) is 5.91 Å². The molecule has 0 aliphatic carbocycles. The summed E-state index contributed by atoms with van der Waals surface area (Å²) in [6.07, 6.45) is 0.855. The minimum atomic E-state index is -0.364. The van der Waals surface area contributed by atoms with Gasteiger partial charge in [-0.3, -0.25) is 4.79 Å². The highest BCUT2D eigenvalue weighted by atomic mass is 32.1. The van der Waals surface area contributed by atoms with E-state index >= 15 is 0 Å². The molecule has 0 atom stereocenters. The van der Waals surface area contributed by atoms with E-state index in [1.54, 1.807) is 11.3 Å². The molecule has 0 aliphatic rings. The zero-order chi connectivity index (χ0) is 12.2. The molecule has 5 heteroatoms. The number of amides is 1. The van der Waals surface area contributed by atoms with Gasteiger partial charge in [0, 0.05) is 17.5 Å². The Morgan fingerprint density at radius 2 is 2.31 bits per heavy atom. The van der Waals surface area contributed by atoms with Crippen molar-refractivity contribution in [2.45, 2.75) is 39.2 Å². The van der Waals surface area contributed by atoms with Crippen molar-refractivity contribution in [3.63, 3.8) is 0 Å². The predicted molar refractivity (Wildman–Crippen MR) is 64.5 cm³/mol. The third kappa shape index (κ3) is 4.28. The topological polar surface area (TPSA) is 62.2 Å². The van der Waals surface area contributed by atoms with Crippen molar-refractivity contribution in [1.82, 2.24) is 10.3 Å². The van der Waals surface area contributed by atoms with Gasteiger partial charge in [-0.1, -0.05) is 0 Å². The Hall–Kier alpha value is -0.940. The maximum Gasteiger partial charge on any atom is 0.226 e. The first-order valence-corrected chi connectivity index (χ1v) is 6.14. The third-order valence-corrected chi connectivity index (χ3v) is 3.05. The number of aryl methyl sites for hydroxylation is 1. The van der Waals surface area contributed by atoms with Gasteiger partial charge in [-0.05, 0) is 27.2 Å². The van der Waals surface area contributed by atoms with Gasteiger partial charge in [-0.2, -0.15) is 0 Å². The molecule has 1 amide bonds. The number of thiazole rings is 1. The highest BCUT2D eigenvalue weighted by molar-refractivity contribution is 7.09. The molecule has 0 spiro atoms. The number of nitrogens with one attached hydrogen (secondary N) is 1. The molecule has 4 nitrogen and oxygen atoms in total. The molecule has 0 radical (unpaired) electrons. The highest BCUT2D eigenvalue weighted by Crippen LogP contribution is 2.10. The van der Waals surface area contributed by atoms with Crippen LogP contribution in [-0.4, -0.2) is 28.1 Å². The molecule has 0 aliphatic heterocycles. The summed E-state index contributed by atoms with van der Waals surface area (Å²) in [4.78, 5) is 15.9. The number of rotatable bonds is 5. The molecule has 0 fully saturated rings. The lowest BCUT2D eigenvalue weighted by Gasteiger charge is -2.25. The standard InChI is InChI=1S/C11H18N2O2S/c1-8-12-9(7-16-8)6-10(15)13-11(2,3)4-5-14/h7,14H,4-6H2,1-3H3,(H,13,15). The van der Waals surface area contributed by atoms with E-state index in [1.165, 1.54) is 0 Å². The first kappa shape index (κ1) is 13.1. The molecule has 1 heterocycles. The molecule has 2 N–H and O–H groups in total. The lowest BCUT2D eigenvalue weighted by atomic mass is 10.0. The number of carbonyl (C=O) groups is 1. The fourth-order valence-corrected chi connectivity index (χ4v) is 2.03. The van der Waals surface area contributed by atoms with Crippen LogP contribution in [0.4, 0.5) is 0 Å². The van der Waals surface area contributed by atoms with Crippen LogP contribution in [0.1, 0.15) is 31.0 Å². The Labute approximate surface area is 99.7 Å². The SMILES string of the molecule is Cc1nc(CC(=O)NC(C)(C)CCO)cs1. The smallest absolute Gasteiger partial charge is 0.226 e. The van der Waals surface area contributed by atoms with Crippen LogP contribution < -0.4 is 5.32 Å². The van der Waals surface area contributed by atoms with Crippen LogP contribution in [0.3, 0.4) is 0 Å². The van der Waals surface area contributed by atoms with Crippen LogP contribution in [0, 0.1) is 6.92 Å². The molecule has 0 unspecified atom stereocenters. The minimum Gasteiger partial charge on any atom is -0.396 e. The molecule has 0 saturated carbocycles. The van der Waals surface area contributed by atoms with E-state index in [9.17, 15) is 4.79 Å². The van der Waals surface area contributed by atoms with Crippen molar-refractivity contribution in [3.8, 4) is 0 Å². The summed E-state index contributed by atoms with van der Waals surface area (Å²) >= 11 is 1.54. The Bertz CT molecular complexity index is 361. The highest BCUT2D eigenvalue weighted by Gasteiger charge is 2.19. The van der Waals surface area contributed by atoms with Gasteiger partial charge < -0.3 is 10.4 Å². The fraction of sp³-hybridized carbons (Fsp3) is 0.636. The van der Waals surface area contributed by atoms with Gasteiger partial charge in [-0.15, -0.1) is 11.3 Å². The number of carbonyl (C=O) groups excluding carboxylic acids is 1. The first-order chi connectivity index (χ1) is 7.43.